The molecule has 1 aromatic rings. The Hall–Kier alpha value is -1.24. The average Bonchev–Trinajstić information content (AvgIpc) is 2.06. The number of aliphatic hydroxyl groups is 1. The van der Waals surface area contributed by atoms with Crippen molar-refractivity contribution < 1.29 is 5.11 Å². The second-order valence-electron chi connectivity index (χ2n) is 3.02. The van der Waals surface area contributed by atoms with Crippen LogP contribution in [0, 0.1) is 6.92 Å². The Kier molecular flexibility index (Phi) is 5.69. The first kappa shape index (κ1) is 11.8. The zero-order chi connectivity index (χ0) is 10.3. The number of rotatable bonds is 1. The Morgan fingerprint density at radius 3 is 1.92 bits per heavy atom. The zero-order valence-electron chi connectivity index (χ0n) is 8.67. The van der Waals surface area contributed by atoms with Crippen LogP contribution in [-0.2, 0) is 0 Å². The van der Waals surface area contributed by atoms with Crippen molar-refractivity contribution in [3.63, 3.8) is 0 Å². The summed E-state index contributed by atoms with van der Waals surface area (Å²) in [5.41, 5.74) is 1.97. The maximum absolute atomic E-state index is 8.92. The third kappa shape index (κ3) is 5.07. The minimum atomic E-state index is 0.125. The average molecular weight is 178 g/mol. The minimum absolute atomic E-state index is 0.125. The predicted octanol–water partition coefficient (Wildman–Crippen LogP) is 3.94. The summed E-state index contributed by atoms with van der Waals surface area (Å²) in [5, 5.41) is 8.92. The van der Waals surface area contributed by atoms with Crippen LogP contribution in [0.25, 0.3) is 5.76 Å². The van der Waals surface area contributed by atoms with Crippen LogP contribution in [0.15, 0.2) is 30.8 Å². The lowest BCUT2D eigenvalue weighted by atomic mass is 10.1. The maximum atomic E-state index is 8.92. The summed E-state index contributed by atoms with van der Waals surface area (Å²) in [7, 11) is 0. The van der Waals surface area contributed by atoms with Gasteiger partial charge in [-0.1, -0.05) is 56.7 Å². The van der Waals surface area contributed by atoms with Gasteiger partial charge in [0.25, 0.3) is 0 Å². The summed E-state index contributed by atoms with van der Waals surface area (Å²) in [4.78, 5) is 0. The first-order chi connectivity index (χ1) is 6.11. The van der Waals surface area contributed by atoms with Crippen molar-refractivity contribution in [3.05, 3.63) is 42.0 Å². The Labute approximate surface area is 80.7 Å². The van der Waals surface area contributed by atoms with E-state index < -0.39 is 0 Å². The van der Waals surface area contributed by atoms with Crippen LogP contribution in [0.1, 0.15) is 31.4 Å². The van der Waals surface area contributed by atoms with E-state index in [-0.39, 0.29) is 5.76 Å². The fourth-order valence-corrected chi connectivity index (χ4v) is 0.746. The normalized spacial score (nSPS) is 8.54. The van der Waals surface area contributed by atoms with Crippen LogP contribution >= 0.6 is 0 Å². The number of hydrogen-bond acceptors (Lipinski definition) is 1. The monoisotopic (exact) mass is 178 g/mol. The summed E-state index contributed by atoms with van der Waals surface area (Å²) < 4.78 is 0. The molecule has 72 valence electrons. The summed E-state index contributed by atoms with van der Waals surface area (Å²) in [6.07, 6.45) is 1.25. The molecule has 0 radical (unpaired) electrons. The van der Waals surface area contributed by atoms with Crippen molar-refractivity contribution in [2.24, 2.45) is 0 Å². The molecule has 0 atom stereocenters. The smallest absolute Gasteiger partial charge is 0.115 e. The van der Waals surface area contributed by atoms with Gasteiger partial charge in [0.1, 0.15) is 5.76 Å². The van der Waals surface area contributed by atoms with E-state index in [0.717, 1.165) is 5.56 Å². The van der Waals surface area contributed by atoms with Gasteiger partial charge in [-0.05, 0) is 6.92 Å². The standard InChI is InChI=1S/C9H10O.C3H8/c1-7-3-5-9(6-4-7)8(2)10;1-3-2/h3-6,10H,2H2,1H3;3H2,1-2H3. The molecule has 0 saturated heterocycles. The van der Waals surface area contributed by atoms with Crippen LogP contribution in [-0.4, -0.2) is 5.11 Å². The lowest BCUT2D eigenvalue weighted by Gasteiger charge is -1.96. The van der Waals surface area contributed by atoms with Gasteiger partial charge < -0.3 is 5.11 Å². The first-order valence-corrected chi connectivity index (χ1v) is 4.56. The van der Waals surface area contributed by atoms with Crippen LogP contribution in [0.5, 0.6) is 0 Å². The number of aliphatic hydroxyl groups excluding tert-OH is 1. The highest BCUT2D eigenvalue weighted by molar-refractivity contribution is 5.55. The Balaban J connectivity index is 0.000000424. The van der Waals surface area contributed by atoms with Gasteiger partial charge in [-0.2, -0.15) is 0 Å². The van der Waals surface area contributed by atoms with Crippen molar-refractivity contribution in [2.75, 3.05) is 0 Å². The van der Waals surface area contributed by atoms with Crippen molar-refractivity contribution in [1.82, 2.24) is 0 Å². The molecule has 0 heterocycles. The second kappa shape index (κ2) is 6.30. The zero-order valence-corrected chi connectivity index (χ0v) is 8.67. The van der Waals surface area contributed by atoms with Crippen molar-refractivity contribution in [2.45, 2.75) is 27.2 Å². The van der Waals surface area contributed by atoms with Gasteiger partial charge in [-0.25, -0.2) is 0 Å². The highest BCUT2D eigenvalue weighted by Crippen LogP contribution is 2.09. The van der Waals surface area contributed by atoms with E-state index >= 15 is 0 Å². The SMILES string of the molecule is C=C(O)c1ccc(C)cc1.CCC. The van der Waals surface area contributed by atoms with Gasteiger partial charge >= 0.3 is 0 Å². The molecule has 0 spiro atoms. The molecule has 1 nitrogen and oxygen atoms in total. The third-order valence-electron chi connectivity index (χ3n) is 1.38. The summed E-state index contributed by atoms with van der Waals surface area (Å²) in [6.45, 7) is 9.66. The fourth-order valence-electron chi connectivity index (χ4n) is 0.746. The van der Waals surface area contributed by atoms with Gasteiger partial charge in [0.05, 0.1) is 0 Å². The van der Waals surface area contributed by atoms with E-state index in [9.17, 15) is 0 Å². The van der Waals surface area contributed by atoms with Crippen LogP contribution in [0.4, 0.5) is 0 Å². The molecule has 1 aromatic carbocycles. The maximum Gasteiger partial charge on any atom is 0.115 e. The minimum Gasteiger partial charge on any atom is -0.508 e. The van der Waals surface area contributed by atoms with Gasteiger partial charge in [0.2, 0.25) is 0 Å². The number of hydrogen-bond donors (Lipinski definition) is 1. The Morgan fingerprint density at radius 1 is 1.23 bits per heavy atom. The summed E-state index contributed by atoms with van der Waals surface area (Å²) in [6, 6.07) is 7.57. The molecule has 0 aliphatic heterocycles. The van der Waals surface area contributed by atoms with Crippen molar-refractivity contribution in [3.8, 4) is 0 Å². The first-order valence-electron chi connectivity index (χ1n) is 4.56. The van der Waals surface area contributed by atoms with E-state index in [1.54, 1.807) is 0 Å². The molecular weight excluding hydrogens is 160 g/mol. The largest absolute Gasteiger partial charge is 0.508 e. The van der Waals surface area contributed by atoms with Gasteiger partial charge in [0.15, 0.2) is 0 Å². The van der Waals surface area contributed by atoms with Crippen LogP contribution in [0.2, 0.25) is 0 Å². The molecule has 0 fully saturated rings. The fraction of sp³-hybridized carbons (Fsp3) is 0.333. The van der Waals surface area contributed by atoms with E-state index in [0.29, 0.717) is 0 Å². The molecule has 1 heteroatoms. The molecule has 0 bridgehead atoms. The quantitative estimate of drug-likeness (QED) is 0.646. The highest BCUT2D eigenvalue weighted by Gasteiger charge is 1.92. The van der Waals surface area contributed by atoms with Gasteiger partial charge in [-0.3, -0.25) is 0 Å². The van der Waals surface area contributed by atoms with Crippen LogP contribution in [0.3, 0.4) is 0 Å². The van der Waals surface area contributed by atoms with Crippen LogP contribution < -0.4 is 0 Å². The summed E-state index contributed by atoms with van der Waals surface area (Å²) >= 11 is 0. The molecule has 0 saturated carbocycles. The lowest BCUT2D eigenvalue weighted by Crippen LogP contribution is -1.79. The molecule has 1 rings (SSSR count). The van der Waals surface area contributed by atoms with Gasteiger partial charge in [-0.15, -0.1) is 0 Å². The van der Waals surface area contributed by atoms with Crippen molar-refractivity contribution in [1.29, 1.82) is 0 Å². The van der Waals surface area contributed by atoms with Gasteiger partial charge in [0, 0.05) is 5.56 Å². The van der Waals surface area contributed by atoms with E-state index in [1.165, 1.54) is 12.0 Å². The molecule has 0 amide bonds. The van der Waals surface area contributed by atoms with E-state index in [4.69, 9.17) is 5.11 Å². The lowest BCUT2D eigenvalue weighted by molar-refractivity contribution is 0.514. The predicted molar refractivity (Wildman–Crippen MR) is 58.8 cm³/mol. The number of aryl methyl sites for hydroxylation is 1. The van der Waals surface area contributed by atoms with E-state index in [2.05, 4.69) is 20.4 Å². The number of benzene rings is 1. The topological polar surface area (TPSA) is 20.2 Å². The molecule has 0 aliphatic carbocycles. The molecular formula is C12H18O. The second-order valence-corrected chi connectivity index (χ2v) is 3.02. The molecule has 1 N–H and O–H groups in total. The summed E-state index contributed by atoms with van der Waals surface area (Å²) in [5.74, 6) is 0.125. The molecule has 0 aliphatic rings. The molecule has 13 heavy (non-hydrogen) atoms. The Bertz CT molecular complexity index is 246. The molecule has 0 aromatic heterocycles. The third-order valence-corrected chi connectivity index (χ3v) is 1.38. The Morgan fingerprint density at radius 2 is 1.62 bits per heavy atom. The van der Waals surface area contributed by atoms with Crippen molar-refractivity contribution >= 4 is 5.76 Å². The highest BCUT2D eigenvalue weighted by atomic mass is 16.3. The van der Waals surface area contributed by atoms with E-state index in [1.807, 2.05) is 31.2 Å². The molecule has 0 unspecified atom stereocenters.